The second-order valence-corrected chi connectivity index (χ2v) is 5.41. The van der Waals surface area contributed by atoms with Gasteiger partial charge in [0.05, 0.1) is 6.61 Å². The van der Waals surface area contributed by atoms with E-state index < -0.39 is 11.6 Å². The highest BCUT2D eigenvalue weighted by Crippen LogP contribution is 2.12. The molecule has 0 bridgehead atoms. The van der Waals surface area contributed by atoms with Gasteiger partial charge in [0.25, 0.3) is 0 Å². The van der Waals surface area contributed by atoms with Crippen LogP contribution in [-0.4, -0.2) is 60.3 Å². The lowest BCUT2D eigenvalue weighted by molar-refractivity contribution is 0.0692. The standard InChI is InChI=1S/C15H22F2N2O/c1-12-11-18(6-7-19(12)8-9-20)5-4-13-2-3-14(16)15(17)10-13/h2-3,10,12,20H,4-9,11H2,1H3. The molecule has 20 heavy (non-hydrogen) atoms. The summed E-state index contributed by atoms with van der Waals surface area (Å²) in [6.45, 7) is 6.76. The van der Waals surface area contributed by atoms with Gasteiger partial charge in [-0.15, -0.1) is 0 Å². The summed E-state index contributed by atoms with van der Waals surface area (Å²) in [7, 11) is 0. The molecule has 1 unspecified atom stereocenters. The van der Waals surface area contributed by atoms with Gasteiger partial charge in [0.15, 0.2) is 11.6 Å². The molecule has 0 spiro atoms. The quantitative estimate of drug-likeness (QED) is 0.888. The van der Waals surface area contributed by atoms with Gasteiger partial charge in [-0.3, -0.25) is 4.90 Å². The van der Waals surface area contributed by atoms with Crippen LogP contribution in [0.4, 0.5) is 8.78 Å². The summed E-state index contributed by atoms with van der Waals surface area (Å²) in [5.74, 6) is -1.57. The molecule has 3 nitrogen and oxygen atoms in total. The molecule has 1 aromatic rings. The molecule has 1 heterocycles. The first-order chi connectivity index (χ1) is 9.60. The van der Waals surface area contributed by atoms with Crippen LogP contribution < -0.4 is 0 Å². The average molecular weight is 284 g/mol. The van der Waals surface area contributed by atoms with E-state index >= 15 is 0 Å². The van der Waals surface area contributed by atoms with Gasteiger partial charge in [0.1, 0.15) is 0 Å². The van der Waals surface area contributed by atoms with Gasteiger partial charge >= 0.3 is 0 Å². The number of nitrogens with zero attached hydrogens (tertiary/aromatic N) is 2. The number of halogens is 2. The van der Waals surface area contributed by atoms with Crippen molar-refractivity contribution in [3.63, 3.8) is 0 Å². The van der Waals surface area contributed by atoms with Crippen molar-refractivity contribution in [2.45, 2.75) is 19.4 Å². The molecule has 0 amide bonds. The van der Waals surface area contributed by atoms with Crippen molar-refractivity contribution in [1.82, 2.24) is 9.80 Å². The summed E-state index contributed by atoms with van der Waals surface area (Å²) in [4.78, 5) is 4.61. The minimum atomic E-state index is -0.792. The molecule has 1 aromatic carbocycles. The minimum Gasteiger partial charge on any atom is -0.395 e. The van der Waals surface area contributed by atoms with Crippen molar-refractivity contribution >= 4 is 0 Å². The molecule has 0 radical (unpaired) electrons. The van der Waals surface area contributed by atoms with Crippen molar-refractivity contribution in [2.75, 3.05) is 39.3 Å². The molecule has 2 rings (SSSR count). The van der Waals surface area contributed by atoms with Gasteiger partial charge in [-0.05, 0) is 31.0 Å². The number of benzene rings is 1. The fourth-order valence-electron chi connectivity index (χ4n) is 2.72. The van der Waals surface area contributed by atoms with Crippen molar-refractivity contribution < 1.29 is 13.9 Å². The first-order valence-corrected chi connectivity index (χ1v) is 7.11. The Morgan fingerprint density at radius 1 is 1.20 bits per heavy atom. The smallest absolute Gasteiger partial charge is 0.159 e. The molecule has 1 aliphatic rings. The average Bonchev–Trinajstić information content (AvgIpc) is 2.43. The van der Waals surface area contributed by atoms with Crippen molar-refractivity contribution in [1.29, 1.82) is 0 Å². The minimum absolute atomic E-state index is 0.194. The zero-order chi connectivity index (χ0) is 14.5. The summed E-state index contributed by atoms with van der Waals surface area (Å²) >= 11 is 0. The lowest BCUT2D eigenvalue weighted by Gasteiger charge is -2.39. The van der Waals surface area contributed by atoms with Gasteiger partial charge in [-0.1, -0.05) is 6.07 Å². The number of hydrogen-bond donors (Lipinski definition) is 1. The molecule has 112 valence electrons. The lowest BCUT2D eigenvalue weighted by Crippen LogP contribution is -2.52. The SMILES string of the molecule is CC1CN(CCc2ccc(F)c(F)c2)CCN1CCO. The molecule has 0 aliphatic carbocycles. The van der Waals surface area contributed by atoms with Gasteiger partial charge < -0.3 is 10.0 Å². The Morgan fingerprint density at radius 2 is 2.00 bits per heavy atom. The van der Waals surface area contributed by atoms with E-state index in [2.05, 4.69) is 16.7 Å². The largest absolute Gasteiger partial charge is 0.395 e. The van der Waals surface area contributed by atoms with Crippen LogP contribution in [0.1, 0.15) is 12.5 Å². The van der Waals surface area contributed by atoms with Gasteiger partial charge in [0, 0.05) is 38.8 Å². The zero-order valence-electron chi connectivity index (χ0n) is 11.9. The van der Waals surface area contributed by atoms with Crippen LogP contribution in [0, 0.1) is 11.6 Å². The molecular formula is C15H22F2N2O. The Labute approximate surface area is 118 Å². The first-order valence-electron chi connectivity index (χ1n) is 7.11. The summed E-state index contributed by atoms with van der Waals surface area (Å²) in [5.41, 5.74) is 0.828. The summed E-state index contributed by atoms with van der Waals surface area (Å²) in [6, 6.07) is 4.53. The maximum Gasteiger partial charge on any atom is 0.159 e. The normalized spacial score (nSPS) is 21.3. The van der Waals surface area contributed by atoms with Crippen LogP contribution in [0.5, 0.6) is 0 Å². The Bertz CT molecular complexity index is 442. The third kappa shape index (κ3) is 3.98. The number of piperazine rings is 1. The summed E-state index contributed by atoms with van der Waals surface area (Å²) in [6.07, 6.45) is 0.726. The summed E-state index contributed by atoms with van der Waals surface area (Å²) in [5, 5.41) is 8.98. The van der Waals surface area contributed by atoms with Crippen LogP contribution in [0.15, 0.2) is 18.2 Å². The van der Waals surface area contributed by atoms with E-state index in [1.54, 1.807) is 6.07 Å². The van der Waals surface area contributed by atoms with Crippen LogP contribution in [0.3, 0.4) is 0 Å². The second-order valence-electron chi connectivity index (χ2n) is 5.41. The number of β-amino-alcohol motifs (C(OH)–C–C–N with tert-alkyl or cyclic N) is 1. The Balaban J connectivity index is 1.81. The molecule has 0 saturated carbocycles. The number of hydrogen-bond acceptors (Lipinski definition) is 3. The maximum atomic E-state index is 13.1. The van der Waals surface area contributed by atoms with E-state index in [0.29, 0.717) is 6.04 Å². The highest BCUT2D eigenvalue weighted by molar-refractivity contribution is 5.18. The second kappa shape index (κ2) is 7.11. The number of rotatable bonds is 5. The van der Waals surface area contributed by atoms with Crippen LogP contribution in [0.25, 0.3) is 0 Å². The Hall–Kier alpha value is -1.04. The highest BCUT2D eigenvalue weighted by Gasteiger charge is 2.22. The molecule has 1 saturated heterocycles. The van der Waals surface area contributed by atoms with Crippen LogP contribution in [0.2, 0.25) is 0 Å². The lowest BCUT2D eigenvalue weighted by atomic mass is 10.1. The Morgan fingerprint density at radius 3 is 2.65 bits per heavy atom. The first kappa shape index (κ1) is 15.4. The maximum absolute atomic E-state index is 13.1. The van der Waals surface area contributed by atoms with E-state index in [9.17, 15) is 8.78 Å². The third-order valence-corrected chi connectivity index (χ3v) is 3.94. The summed E-state index contributed by atoms with van der Waals surface area (Å²) < 4.78 is 26.0. The van der Waals surface area contributed by atoms with E-state index in [0.717, 1.165) is 44.7 Å². The van der Waals surface area contributed by atoms with Gasteiger partial charge in [-0.2, -0.15) is 0 Å². The molecular weight excluding hydrogens is 262 g/mol. The van der Waals surface area contributed by atoms with Crippen molar-refractivity contribution in [3.8, 4) is 0 Å². The topological polar surface area (TPSA) is 26.7 Å². The fraction of sp³-hybridized carbons (Fsp3) is 0.600. The van der Waals surface area contributed by atoms with Crippen LogP contribution in [-0.2, 0) is 6.42 Å². The van der Waals surface area contributed by atoms with Crippen molar-refractivity contribution in [3.05, 3.63) is 35.4 Å². The van der Waals surface area contributed by atoms with E-state index in [-0.39, 0.29) is 6.61 Å². The number of aliphatic hydroxyl groups excluding tert-OH is 1. The predicted octanol–water partition coefficient (Wildman–Crippen LogP) is 1.51. The molecule has 5 heteroatoms. The highest BCUT2D eigenvalue weighted by atomic mass is 19.2. The van der Waals surface area contributed by atoms with Gasteiger partial charge in [-0.25, -0.2) is 8.78 Å². The van der Waals surface area contributed by atoms with Crippen LogP contribution >= 0.6 is 0 Å². The van der Waals surface area contributed by atoms with Crippen molar-refractivity contribution in [2.24, 2.45) is 0 Å². The van der Waals surface area contributed by atoms with Gasteiger partial charge in [0.2, 0.25) is 0 Å². The molecule has 1 aliphatic heterocycles. The zero-order valence-corrected chi connectivity index (χ0v) is 11.9. The fourth-order valence-corrected chi connectivity index (χ4v) is 2.72. The van der Waals surface area contributed by atoms with E-state index in [1.165, 1.54) is 12.1 Å². The Kier molecular flexibility index (Phi) is 5.46. The van der Waals surface area contributed by atoms with E-state index in [1.807, 2.05) is 0 Å². The molecule has 1 fully saturated rings. The molecule has 1 N–H and O–H groups in total. The predicted molar refractivity (Wildman–Crippen MR) is 74.6 cm³/mol. The molecule has 1 atom stereocenters. The molecule has 0 aromatic heterocycles. The van der Waals surface area contributed by atoms with E-state index in [4.69, 9.17) is 5.11 Å². The number of aliphatic hydroxyl groups is 1. The monoisotopic (exact) mass is 284 g/mol. The third-order valence-electron chi connectivity index (χ3n) is 3.94.